The van der Waals surface area contributed by atoms with Gasteiger partial charge in [0.1, 0.15) is 5.82 Å². The number of pyridine rings is 1. The molecule has 0 N–H and O–H groups in total. The van der Waals surface area contributed by atoms with E-state index < -0.39 is 6.55 Å². The van der Waals surface area contributed by atoms with Gasteiger partial charge in [-0.1, -0.05) is 24.3 Å². The number of carbonyl (C=O) groups is 1. The minimum absolute atomic E-state index is 0.00565. The van der Waals surface area contributed by atoms with Crippen molar-refractivity contribution in [3.8, 4) is 0 Å². The third-order valence-electron chi connectivity index (χ3n) is 3.78. The van der Waals surface area contributed by atoms with E-state index in [-0.39, 0.29) is 18.3 Å². The molecule has 0 fully saturated rings. The van der Waals surface area contributed by atoms with Gasteiger partial charge in [0.15, 0.2) is 0 Å². The van der Waals surface area contributed by atoms with Crippen LogP contribution in [-0.2, 0) is 11.3 Å². The Morgan fingerprint density at radius 1 is 1.24 bits per heavy atom. The molecule has 2 aromatic heterocycles. The smallest absolute Gasteiger partial charge is 0.319 e. The SMILES string of the molecule is CN(Cc1nccn1C(F)F)C(=O)/C=C/c1cccc2cccnc12. The minimum atomic E-state index is -2.68. The Kier molecular flexibility index (Phi) is 4.83. The molecule has 5 nitrogen and oxygen atoms in total. The first-order valence-electron chi connectivity index (χ1n) is 7.63. The number of imidazole rings is 1. The lowest BCUT2D eigenvalue weighted by Crippen LogP contribution is -2.26. The van der Waals surface area contributed by atoms with Crippen LogP contribution >= 0.6 is 0 Å². The molecule has 0 saturated carbocycles. The van der Waals surface area contributed by atoms with Crippen molar-refractivity contribution in [3.63, 3.8) is 0 Å². The number of hydrogen-bond acceptors (Lipinski definition) is 3. The molecule has 7 heteroatoms. The van der Waals surface area contributed by atoms with Gasteiger partial charge in [0.05, 0.1) is 12.1 Å². The molecule has 0 aliphatic carbocycles. The first-order valence-corrected chi connectivity index (χ1v) is 7.63. The van der Waals surface area contributed by atoms with Crippen LogP contribution in [0.4, 0.5) is 8.78 Å². The van der Waals surface area contributed by atoms with Gasteiger partial charge in [-0.25, -0.2) is 4.98 Å². The average molecular weight is 342 g/mol. The topological polar surface area (TPSA) is 51.0 Å². The van der Waals surface area contributed by atoms with Crippen LogP contribution in [0, 0.1) is 0 Å². The van der Waals surface area contributed by atoms with E-state index >= 15 is 0 Å². The van der Waals surface area contributed by atoms with Gasteiger partial charge in [-0.3, -0.25) is 14.3 Å². The number of nitrogens with zero attached hydrogens (tertiary/aromatic N) is 4. The maximum absolute atomic E-state index is 12.8. The lowest BCUT2D eigenvalue weighted by molar-refractivity contribution is -0.125. The molecule has 3 rings (SSSR count). The fourth-order valence-electron chi connectivity index (χ4n) is 2.48. The Bertz CT molecular complexity index is 915. The minimum Gasteiger partial charge on any atom is -0.335 e. The highest BCUT2D eigenvalue weighted by Crippen LogP contribution is 2.17. The fourth-order valence-corrected chi connectivity index (χ4v) is 2.48. The van der Waals surface area contributed by atoms with E-state index in [1.54, 1.807) is 19.3 Å². The number of halogens is 2. The van der Waals surface area contributed by atoms with E-state index in [1.807, 2.05) is 30.3 Å². The summed E-state index contributed by atoms with van der Waals surface area (Å²) in [6, 6.07) is 9.48. The molecule has 1 amide bonds. The summed E-state index contributed by atoms with van der Waals surface area (Å²) >= 11 is 0. The zero-order chi connectivity index (χ0) is 17.8. The second kappa shape index (κ2) is 7.21. The van der Waals surface area contributed by atoms with Crippen LogP contribution in [0.3, 0.4) is 0 Å². The van der Waals surface area contributed by atoms with Crippen LogP contribution in [-0.4, -0.2) is 32.4 Å². The second-order valence-electron chi connectivity index (χ2n) is 5.48. The van der Waals surface area contributed by atoms with E-state index in [0.717, 1.165) is 21.0 Å². The average Bonchev–Trinajstić information content (AvgIpc) is 3.08. The number of rotatable bonds is 5. The van der Waals surface area contributed by atoms with Gasteiger partial charge in [-0.2, -0.15) is 8.78 Å². The predicted molar refractivity (Wildman–Crippen MR) is 90.7 cm³/mol. The van der Waals surface area contributed by atoms with Crippen LogP contribution < -0.4 is 0 Å². The normalized spacial score (nSPS) is 11.5. The highest BCUT2D eigenvalue weighted by atomic mass is 19.3. The Hall–Kier alpha value is -3.09. The summed E-state index contributed by atoms with van der Waals surface area (Å²) in [5, 5.41) is 0.976. The quantitative estimate of drug-likeness (QED) is 0.667. The molecule has 128 valence electrons. The Morgan fingerprint density at radius 3 is 2.84 bits per heavy atom. The molecule has 0 aliphatic heterocycles. The van der Waals surface area contributed by atoms with E-state index in [9.17, 15) is 13.6 Å². The van der Waals surface area contributed by atoms with E-state index in [1.165, 1.54) is 23.4 Å². The predicted octanol–water partition coefficient (Wildman–Crippen LogP) is 3.50. The third kappa shape index (κ3) is 3.71. The Labute approximate surface area is 143 Å². The summed E-state index contributed by atoms with van der Waals surface area (Å²) in [4.78, 5) is 21.8. The lowest BCUT2D eigenvalue weighted by Gasteiger charge is -2.15. The molecule has 3 aromatic rings. The van der Waals surface area contributed by atoms with Gasteiger partial charge in [-0.15, -0.1) is 0 Å². The number of carbonyl (C=O) groups excluding carboxylic acids is 1. The van der Waals surface area contributed by atoms with E-state index in [2.05, 4.69) is 9.97 Å². The van der Waals surface area contributed by atoms with Crippen LogP contribution in [0.15, 0.2) is 55.0 Å². The van der Waals surface area contributed by atoms with Gasteiger partial charge < -0.3 is 4.90 Å². The van der Waals surface area contributed by atoms with Gasteiger partial charge in [0.25, 0.3) is 0 Å². The molecular formula is C18H16F2N4O. The summed E-state index contributed by atoms with van der Waals surface area (Å²) in [6.45, 7) is -2.69. The molecule has 25 heavy (non-hydrogen) atoms. The molecule has 1 aromatic carbocycles. The number of alkyl halides is 2. The van der Waals surface area contributed by atoms with Crippen LogP contribution in [0.1, 0.15) is 17.9 Å². The number of amides is 1. The van der Waals surface area contributed by atoms with Gasteiger partial charge in [0, 0.05) is 42.7 Å². The highest BCUT2D eigenvalue weighted by molar-refractivity contribution is 5.95. The molecule has 0 radical (unpaired) electrons. The molecular weight excluding hydrogens is 326 g/mol. The number of benzene rings is 1. The standard InChI is InChI=1S/C18H16F2N4O/c1-23(12-15-21-10-11-24(15)18(19)20)16(25)8-7-14-5-2-4-13-6-3-9-22-17(13)14/h2-11,18H,12H2,1H3/b8-7+. The fraction of sp³-hybridized carbons (Fsp3) is 0.167. The number of likely N-dealkylation sites (N-methyl/N-ethyl adjacent to an activating group) is 1. The van der Waals surface area contributed by atoms with Crippen molar-refractivity contribution in [1.82, 2.24) is 19.4 Å². The molecule has 0 spiro atoms. The zero-order valence-electron chi connectivity index (χ0n) is 13.5. The number of fused-ring (bicyclic) bond motifs is 1. The van der Waals surface area contributed by atoms with Gasteiger partial charge in [0.2, 0.25) is 5.91 Å². The molecule has 2 heterocycles. The molecule has 0 bridgehead atoms. The molecule has 0 aliphatic rings. The van der Waals surface area contributed by atoms with Crippen LogP contribution in [0.25, 0.3) is 17.0 Å². The molecule has 0 atom stereocenters. The van der Waals surface area contributed by atoms with Crippen LogP contribution in [0.2, 0.25) is 0 Å². The van der Waals surface area contributed by atoms with Crippen molar-refractivity contribution >= 4 is 22.9 Å². The summed E-state index contributed by atoms with van der Waals surface area (Å²) in [5.74, 6) is -0.178. The Balaban J connectivity index is 1.74. The number of hydrogen-bond donors (Lipinski definition) is 0. The van der Waals surface area contributed by atoms with Crippen molar-refractivity contribution in [1.29, 1.82) is 0 Å². The summed E-state index contributed by atoms with van der Waals surface area (Å²) in [7, 11) is 1.54. The van der Waals surface area contributed by atoms with Crippen LogP contribution in [0.5, 0.6) is 0 Å². The van der Waals surface area contributed by atoms with Crippen molar-refractivity contribution in [2.24, 2.45) is 0 Å². The second-order valence-corrected chi connectivity index (χ2v) is 5.48. The number of para-hydroxylation sites is 1. The van der Waals surface area contributed by atoms with Crippen molar-refractivity contribution in [3.05, 3.63) is 66.4 Å². The van der Waals surface area contributed by atoms with Crippen molar-refractivity contribution < 1.29 is 13.6 Å². The monoisotopic (exact) mass is 342 g/mol. The van der Waals surface area contributed by atoms with Crippen molar-refractivity contribution in [2.45, 2.75) is 13.1 Å². The zero-order valence-corrected chi connectivity index (χ0v) is 13.5. The maximum Gasteiger partial charge on any atom is 0.319 e. The third-order valence-corrected chi connectivity index (χ3v) is 3.78. The van der Waals surface area contributed by atoms with E-state index in [0.29, 0.717) is 0 Å². The summed E-state index contributed by atoms with van der Waals surface area (Å²) in [6.07, 6.45) is 7.25. The Morgan fingerprint density at radius 2 is 2.04 bits per heavy atom. The maximum atomic E-state index is 12.8. The van der Waals surface area contributed by atoms with Crippen molar-refractivity contribution in [2.75, 3.05) is 7.05 Å². The largest absolute Gasteiger partial charge is 0.335 e. The lowest BCUT2D eigenvalue weighted by atomic mass is 10.1. The summed E-state index contributed by atoms with van der Waals surface area (Å²) in [5.41, 5.74) is 1.61. The van der Waals surface area contributed by atoms with Gasteiger partial charge >= 0.3 is 6.55 Å². The van der Waals surface area contributed by atoms with E-state index in [4.69, 9.17) is 0 Å². The highest BCUT2D eigenvalue weighted by Gasteiger charge is 2.14. The molecule has 0 saturated heterocycles. The summed E-state index contributed by atoms with van der Waals surface area (Å²) < 4.78 is 26.4. The van der Waals surface area contributed by atoms with Gasteiger partial charge in [-0.05, 0) is 12.1 Å². The first-order chi connectivity index (χ1) is 12.1. The number of aromatic nitrogens is 3. The molecule has 0 unspecified atom stereocenters. The first kappa shape index (κ1) is 16.8.